The highest BCUT2D eigenvalue weighted by atomic mass is 79.9. The number of amides is 2. The molecule has 0 bridgehead atoms. The number of pyridine rings is 1. The molecule has 3 atom stereocenters. The zero-order chi connectivity index (χ0) is 31.1. The number of nitrogens with zero attached hydrogens (tertiary/aromatic N) is 3. The lowest BCUT2D eigenvalue weighted by atomic mass is 9.78. The number of Topliss-reactive ketones (excluding diaryl/α,β-unsaturated/α-hetero) is 1. The summed E-state index contributed by atoms with van der Waals surface area (Å²) in [5.74, 6) is -2.52. The second-order valence-electron chi connectivity index (χ2n) is 10.7. The number of anilines is 1. The molecule has 6 rings (SSSR count). The van der Waals surface area contributed by atoms with E-state index in [0.29, 0.717) is 38.7 Å². The van der Waals surface area contributed by atoms with Gasteiger partial charge in [-0.05, 0) is 48.7 Å². The fourth-order valence-electron chi connectivity index (χ4n) is 5.78. The average Bonchev–Trinajstić information content (AvgIpc) is 3.29. The maximum Gasteiger partial charge on any atom is 0.339 e. The minimum absolute atomic E-state index is 0.0176. The number of rotatable bonds is 7. The van der Waals surface area contributed by atoms with Crippen molar-refractivity contribution in [2.75, 3.05) is 11.5 Å². The van der Waals surface area contributed by atoms with Crippen molar-refractivity contribution in [2.45, 2.75) is 13.3 Å². The van der Waals surface area contributed by atoms with E-state index in [2.05, 4.69) is 15.9 Å². The maximum absolute atomic E-state index is 13.3. The van der Waals surface area contributed by atoms with Crippen LogP contribution < -0.4 is 4.90 Å². The van der Waals surface area contributed by atoms with Gasteiger partial charge in [0.2, 0.25) is 17.6 Å². The van der Waals surface area contributed by atoms with Crippen molar-refractivity contribution in [3.63, 3.8) is 0 Å². The van der Waals surface area contributed by atoms with E-state index in [4.69, 9.17) is 9.72 Å². The van der Waals surface area contributed by atoms with Crippen molar-refractivity contribution >= 4 is 61.8 Å². The monoisotopic (exact) mass is 653 g/mol. The lowest BCUT2D eigenvalue weighted by molar-refractivity contribution is -0.384. The van der Waals surface area contributed by atoms with E-state index in [1.165, 1.54) is 23.1 Å². The molecule has 3 aromatic carbocycles. The molecule has 3 unspecified atom stereocenters. The summed E-state index contributed by atoms with van der Waals surface area (Å²) in [6.07, 6.45) is 4.48. The van der Waals surface area contributed by atoms with Crippen LogP contribution in [0.1, 0.15) is 34.1 Å². The molecule has 220 valence electrons. The molecular formula is C33H24BrN3O7. The number of hydrogen-bond acceptors (Lipinski definition) is 8. The van der Waals surface area contributed by atoms with Crippen molar-refractivity contribution in [1.82, 2.24) is 4.98 Å². The first-order valence-electron chi connectivity index (χ1n) is 13.8. The first kappa shape index (κ1) is 29.1. The molecule has 2 amide bonds. The molecule has 1 aliphatic carbocycles. The Balaban J connectivity index is 1.27. The maximum atomic E-state index is 13.3. The highest BCUT2D eigenvalue weighted by Crippen LogP contribution is 2.41. The first-order chi connectivity index (χ1) is 21.1. The zero-order valence-corrected chi connectivity index (χ0v) is 24.9. The van der Waals surface area contributed by atoms with Crippen LogP contribution in [-0.2, 0) is 14.3 Å². The van der Waals surface area contributed by atoms with E-state index in [9.17, 15) is 29.3 Å². The summed E-state index contributed by atoms with van der Waals surface area (Å²) >= 11 is 3.41. The van der Waals surface area contributed by atoms with Crippen LogP contribution >= 0.6 is 15.9 Å². The van der Waals surface area contributed by atoms with E-state index in [1.807, 2.05) is 19.1 Å². The first-order valence-corrected chi connectivity index (χ1v) is 14.6. The Morgan fingerprint density at radius 2 is 1.82 bits per heavy atom. The van der Waals surface area contributed by atoms with Gasteiger partial charge in [-0.25, -0.2) is 9.78 Å². The third-order valence-electron chi connectivity index (χ3n) is 8.00. The van der Waals surface area contributed by atoms with Gasteiger partial charge in [-0.2, -0.15) is 0 Å². The number of allylic oxidation sites excluding steroid dienone is 2. The molecule has 4 aromatic rings. The fraction of sp³-hybridized carbons (Fsp3) is 0.182. The molecule has 1 fully saturated rings. The summed E-state index contributed by atoms with van der Waals surface area (Å²) < 4.78 is 6.06. The highest BCUT2D eigenvalue weighted by molar-refractivity contribution is 9.10. The van der Waals surface area contributed by atoms with Crippen LogP contribution in [0.4, 0.5) is 11.4 Å². The Bertz CT molecular complexity index is 1900. The summed E-state index contributed by atoms with van der Waals surface area (Å²) in [6, 6.07) is 18.8. The third-order valence-corrected chi connectivity index (χ3v) is 8.49. The number of halogens is 1. The molecule has 11 heteroatoms. The van der Waals surface area contributed by atoms with Gasteiger partial charge in [0, 0.05) is 33.1 Å². The van der Waals surface area contributed by atoms with Gasteiger partial charge in [-0.3, -0.25) is 29.4 Å². The van der Waals surface area contributed by atoms with Crippen LogP contribution in [0.5, 0.6) is 0 Å². The Morgan fingerprint density at radius 3 is 2.55 bits per heavy atom. The topological polar surface area (TPSA) is 137 Å². The molecule has 0 spiro atoms. The minimum Gasteiger partial charge on any atom is -0.454 e. The van der Waals surface area contributed by atoms with E-state index in [1.54, 1.807) is 48.5 Å². The number of ketones is 1. The molecule has 2 aliphatic rings. The van der Waals surface area contributed by atoms with E-state index < -0.39 is 23.3 Å². The van der Waals surface area contributed by atoms with Gasteiger partial charge in [0.05, 0.1) is 39.2 Å². The van der Waals surface area contributed by atoms with Crippen molar-refractivity contribution in [3.05, 3.63) is 111 Å². The summed E-state index contributed by atoms with van der Waals surface area (Å²) in [6.45, 7) is 1.33. The molecule has 0 N–H and O–H groups in total. The molecule has 44 heavy (non-hydrogen) atoms. The number of fused-ring (bicyclic) bond motifs is 2. The van der Waals surface area contributed by atoms with Gasteiger partial charge in [0.15, 0.2) is 6.61 Å². The summed E-state index contributed by atoms with van der Waals surface area (Å²) in [5, 5.41) is 11.6. The van der Waals surface area contributed by atoms with Crippen molar-refractivity contribution < 1.29 is 28.8 Å². The largest absolute Gasteiger partial charge is 0.454 e. The number of imide groups is 1. The van der Waals surface area contributed by atoms with Gasteiger partial charge in [-0.15, -0.1) is 0 Å². The van der Waals surface area contributed by atoms with Crippen LogP contribution in [0.2, 0.25) is 0 Å². The number of ether oxygens (including phenoxy) is 1. The van der Waals surface area contributed by atoms with Crippen LogP contribution in [0.15, 0.2) is 89.4 Å². The van der Waals surface area contributed by atoms with Crippen LogP contribution in [0.25, 0.3) is 22.2 Å². The van der Waals surface area contributed by atoms with Gasteiger partial charge in [-0.1, -0.05) is 59.3 Å². The standard InChI is InChI=1S/C33H24BrN3O7/c1-18-4-2-7-24-30(18)32(40)36(31(24)39)22-11-8-19(9-12-22)28-16-26(25-15-21(34)10-13-27(25)35-28)33(41)44-17-29(38)20-5-3-6-23(14-20)37(42)43/h2-6,8-16,18,24,30H,7,17H2,1H3. The molecule has 1 aromatic heterocycles. The molecule has 10 nitrogen and oxygen atoms in total. The molecule has 0 saturated carbocycles. The normalized spacial score (nSPS) is 19.2. The number of benzene rings is 3. The van der Waals surface area contributed by atoms with Crippen molar-refractivity contribution in [1.29, 1.82) is 0 Å². The van der Waals surface area contributed by atoms with Crippen molar-refractivity contribution in [2.24, 2.45) is 17.8 Å². The highest BCUT2D eigenvalue weighted by Gasteiger charge is 2.50. The number of carbonyl (C=O) groups is 4. The van der Waals surface area contributed by atoms with Gasteiger partial charge >= 0.3 is 5.97 Å². The second-order valence-corrected chi connectivity index (χ2v) is 11.7. The molecule has 0 radical (unpaired) electrons. The Kier molecular flexibility index (Phi) is 7.64. The molecule has 1 saturated heterocycles. The Labute approximate surface area is 259 Å². The number of non-ortho nitro benzene ring substituents is 1. The van der Waals surface area contributed by atoms with Gasteiger partial charge in [0.1, 0.15) is 0 Å². The van der Waals surface area contributed by atoms with E-state index >= 15 is 0 Å². The lowest BCUT2D eigenvalue weighted by Crippen LogP contribution is -2.31. The molecular weight excluding hydrogens is 630 g/mol. The Hall–Kier alpha value is -5.03. The number of nitro groups is 1. The quantitative estimate of drug-likeness (QED) is 0.0565. The molecule has 1 aliphatic heterocycles. The van der Waals surface area contributed by atoms with E-state index in [0.717, 1.165) is 6.07 Å². The third kappa shape index (κ3) is 5.30. The summed E-state index contributed by atoms with van der Waals surface area (Å²) in [5.41, 5.74) is 2.01. The Morgan fingerprint density at radius 1 is 1.05 bits per heavy atom. The minimum atomic E-state index is -0.772. The number of aromatic nitrogens is 1. The SMILES string of the molecule is CC1C=CCC2C(=O)N(c3ccc(-c4cc(C(=O)OCC(=O)c5cccc([N+](=O)[O-])c5)c5cc(Br)ccc5n4)cc3)C(=O)C12. The van der Waals surface area contributed by atoms with Crippen LogP contribution in [0, 0.1) is 27.9 Å². The zero-order valence-electron chi connectivity index (χ0n) is 23.3. The average molecular weight is 654 g/mol. The van der Waals surface area contributed by atoms with Gasteiger partial charge < -0.3 is 4.74 Å². The number of esters is 1. The van der Waals surface area contributed by atoms with Crippen LogP contribution in [0.3, 0.4) is 0 Å². The van der Waals surface area contributed by atoms with Gasteiger partial charge in [0.25, 0.3) is 5.69 Å². The number of nitro benzene ring substituents is 1. The van der Waals surface area contributed by atoms with E-state index in [-0.39, 0.29) is 46.4 Å². The summed E-state index contributed by atoms with van der Waals surface area (Å²) in [4.78, 5) is 68.8. The number of hydrogen-bond donors (Lipinski definition) is 0. The fourth-order valence-corrected chi connectivity index (χ4v) is 6.14. The van der Waals surface area contributed by atoms with Crippen LogP contribution in [-0.4, -0.2) is 40.1 Å². The predicted molar refractivity (Wildman–Crippen MR) is 165 cm³/mol. The number of carbonyl (C=O) groups excluding carboxylic acids is 4. The second kappa shape index (κ2) is 11.6. The smallest absolute Gasteiger partial charge is 0.339 e. The lowest BCUT2D eigenvalue weighted by Gasteiger charge is -2.22. The van der Waals surface area contributed by atoms with Crippen molar-refractivity contribution in [3.8, 4) is 11.3 Å². The summed E-state index contributed by atoms with van der Waals surface area (Å²) in [7, 11) is 0. The molecule has 2 heterocycles. The predicted octanol–water partition coefficient (Wildman–Crippen LogP) is 6.31.